The summed E-state index contributed by atoms with van der Waals surface area (Å²) in [7, 11) is 0. The number of pyridine rings is 1. The van der Waals surface area contributed by atoms with Crippen molar-refractivity contribution in [3.05, 3.63) is 58.2 Å². The zero-order chi connectivity index (χ0) is 20.9. The van der Waals surface area contributed by atoms with Gasteiger partial charge in [-0.2, -0.15) is 5.10 Å². The monoisotopic (exact) mass is 423 g/mol. The average molecular weight is 424 g/mol. The lowest BCUT2D eigenvalue weighted by Gasteiger charge is -2.31. The molecule has 4 rings (SSSR count). The van der Waals surface area contributed by atoms with Crippen LogP contribution in [0.3, 0.4) is 0 Å². The van der Waals surface area contributed by atoms with E-state index < -0.39 is 0 Å². The number of rotatable bonds is 6. The van der Waals surface area contributed by atoms with Gasteiger partial charge in [-0.3, -0.25) is 19.7 Å². The maximum Gasteiger partial charge on any atom is 0.271 e. The Morgan fingerprint density at radius 3 is 2.90 bits per heavy atom. The van der Waals surface area contributed by atoms with Gasteiger partial charge in [-0.05, 0) is 61.4 Å². The minimum Gasteiger partial charge on any atom is -0.355 e. The summed E-state index contributed by atoms with van der Waals surface area (Å²) in [5, 5.41) is 12.2. The summed E-state index contributed by atoms with van der Waals surface area (Å²) in [6.45, 7) is 3.81. The number of hydrogen-bond acceptors (Lipinski definition) is 5. The average Bonchev–Trinajstić information content (AvgIpc) is 3.43. The molecule has 0 aromatic carbocycles. The third-order valence-electron chi connectivity index (χ3n) is 5.48. The lowest BCUT2D eigenvalue weighted by atomic mass is 9.96. The fraction of sp³-hybridized carbons (Fsp3) is 0.364. The number of aryl methyl sites for hydroxylation is 1. The number of aromatic amines is 1. The number of carbonyl (C=O) groups is 2. The molecule has 0 aliphatic carbocycles. The molecule has 3 aromatic heterocycles. The molecule has 156 valence electrons. The van der Waals surface area contributed by atoms with Crippen molar-refractivity contribution in [2.24, 2.45) is 5.92 Å². The Morgan fingerprint density at radius 1 is 1.30 bits per heavy atom. The molecular formula is C22H25N5O2S. The predicted molar refractivity (Wildman–Crippen MR) is 116 cm³/mol. The molecule has 4 heterocycles. The number of aromatic nitrogens is 3. The Kier molecular flexibility index (Phi) is 6.23. The standard InChI is InChI=1S/C22H25N5O2S/c1-15-7-12-30-20(15)6-10-24-21(28)17-3-2-11-27(14-17)22(29)19-13-18(25-26-19)16-4-8-23-9-5-16/h4-5,7-9,12-13,17H,2-3,6,10-11,14H2,1H3,(H,24,28)(H,25,26)/t17-/m1/s1. The molecule has 8 heteroatoms. The summed E-state index contributed by atoms with van der Waals surface area (Å²) in [6, 6.07) is 7.56. The van der Waals surface area contributed by atoms with Crippen molar-refractivity contribution in [3.63, 3.8) is 0 Å². The van der Waals surface area contributed by atoms with Crippen LogP contribution in [0.1, 0.15) is 33.8 Å². The smallest absolute Gasteiger partial charge is 0.271 e. The van der Waals surface area contributed by atoms with Crippen LogP contribution in [-0.4, -0.2) is 51.5 Å². The Hall–Kier alpha value is -3.00. The first-order valence-electron chi connectivity index (χ1n) is 10.2. The van der Waals surface area contributed by atoms with Crippen molar-refractivity contribution in [1.82, 2.24) is 25.4 Å². The molecule has 1 aliphatic rings. The number of thiophene rings is 1. The van der Waals surface area contributed by atoms with Gasteiger partial charge in [0.05, 0.1) is 11.6 Å². The van der Waals surface area contributed by atoms with Crippen LogP contribution in [0.2, 0.25) is 0 Å². The van der Waals surface area contributed by atoms with Crippen molar-refractivity contribution < 1.29 is 9.59 Å². The first-order chi connectivity index (χ1) is 14.6. The molecule has 30 heavy (non-hydrogen) atoms. The van der Waals surface area contributed by atoms with Crippen LogP contribution in [0.5, 0.6) is 0 Å². The highest BCUT2D eigenvalue weighted by molar-refractivity contribution is 7.10. The third kappa shape index (κ3) is 4.59. The first kappa shape index (κ1) is 20.3. The second-order valence-corrected chi connectivity index (χ2v) is 8.56. The second kappa shape index (κ2) is 9.21. The van der Waals surface area contributed by atoms with E-state index in [0.29, 0.717) is 31.0 Å². The maximum atomic E-state index is 12.9. The van der Waals surface area contributed by atoms with Gasteiger partial charge in [0.1, 0.15) is 5.69 Å². The minimum atomic E-state index is -0.172. The SMILES string of the molecule is Cc1ccsc1CCNC(=O)[C@@H]1CCCN(C(=O)c2cc(-c3ccncc3)n[nH]2)C1. The highest BCUT2D eigenvalue weighted by Gasteiger charge is 2.29. The molecule has 0 saturated carbocycles. The van der Waals surface area contributed by atoms with E-state index in [0.717, 1.165) is 24.8 Å². The van der Waals surface area contributed by atoms with Gasteiger partial charge < -0.3 is 10.2 Å². The van der Waals surface area contributed by atoms with Crippen LogP contribution in [0.15, 0.2) is 42.0 Å². The van der Waals surface area contributed by atoms with Gasteiger partial charge in [-0.1, -0.05) is 0 Å². The summed E-state index contributed by atoms with van der Waals surface area (Å²) >= 11 is 1.72. The second-order valence-electron chi connectivity index (χ2n) is 7.56. The lowest BCUT2D eigenvalue weighted by molar-refractivity contribution is -0.126. The highest BCUT2D eigenvalue weighted by atomic mass is 32.1. The van der Waals surface area contributed by atoms with Crippen LogP contribution >= 0.6 is 11.3 Å². The van der Waals surface area contributed by atoms with Gasteiger partial charge in [-0.25, -0.2) is 0 Å². The van der Waals surface area contributed by atoms with Crippen molar-refractivity contribution in [2.45, 2.75) is 26.2 Å². The molecule has 1 aliphatic heterocycles. The Bertz CT molecular complexity index is 1010. The van der Waals surface area contributed by atoms with Crippen molar-refractivity contribution in [1.29, 1.82) is 0 Å². The zero-order valence-corrected chi connectivity index (χ0v) is 17.7. The number of nitrogens with zero attached hydrogens (tertiary/aromatic N) is 3. The summed E-state index contributed by atoms with van der Waals surface area (Å²) in [4.78, 5) is 32.6. The first-order valence-corrected chi connectivity index (χ1v) is 11.1. The number of carbonyl (C=O) groups excluding carboxylic acids is 2. The van der Waals surface area contributed by atoms with Crippen LogP contribution in [-0.2, 0) is 11.2 Å². The normalized spacial score (nSPS) is 16.4. The topological polar surface area (TPSA) is 91.0 Å². The summed E-state index contributed by atoms with van der Waals surface area (Å²) in [5.74, 6) is -0.256. The van der Waals surface area contributed by atoms with Crippen molar-refractivity contribution >= 4 is 23.2 Å². The quantitative estimate of drug-likeness (QED) is 0.638. The van der Waals surface area contributed by atoms with Crippen LogP contribution in [0.25, 0.3) is 11.3 Å². The molecule has 2 amide bonds. The molecule has 3 aromatic rings. The Labute approximate surface area is 179 Å². The third-order valence-corrected chi connectivity index (χ3v) is 6.57. The molecule has 1 fully saturated rings. The van der Waals surface area contributed by atoms with Gasteiger partial charge in [-0.15, -0.1) is 11.3 Å². The number of piperidine rings is 1. The van der Waals surface area contributed by atoms with Gasteiger partial charge in [0.15, 0.2) is 0 Å². The summed E-state index contributed by atoms with van der Waals surface area (Å²) < 4.78 is 0. The molecule has 2 N–H and O–H groups in total. The number of hydrogen-bond donors (Lipinski definition) is 2. The largest absolute Gasteiger partial charge is 0.355 e. The zero-order valence-electron chi connectivity index (χ0n) is 16.9. The van der Waals surface area contributed by atoms with E-state index in [1.165, 1.54) is 10.4 Å². The Morgan fingerprint density at radius 2 is 2.13 bits per heavy atom. The van der Waals surface area contributed by atoms with Crippen molar-refractivity contribution in [3.8, 4) is 11.3 Å². The van der Waals surface area contributed by atoms with Gasteiger partial charge >= 0.3 is 0 Å². The van der Waals surface area contributed by atoms with E-state index in [-0.39, 0.29) is 17.7 Å². The molecule has 0 unspecified atom stereocenters. The molecule has 0 bridgehead atoms. The van der Waals surface area contributed by atoms with E-state index in [2.05, 4.69) is 38.9 Å². The van der Waals surface area contributed by atoms with Gasteiger partial charge in [0, 0.05) is 42.5 Å². The van der Waals surface area contributed by atoms with Gasteiger partial charge in [0.25, 0.3) is 5.91 Å². The summed E-state index contributed by atoms with van der Waals surface area (Å²) in [6.07, 6.45) is 5.85. The predicted octanol–water partition coefficient (Wildman–Crippen LogP) is 3.05. The van der Waals surface area contributed by atoms with E-state index in [4.69, 9.17) is 0 Å². The fourth-order valence-electron chi connectivity index (χ4n) is 3.75. The molecular weight excluding hydrogens is 398 g/mol. The number of amides is 2. The van der Waals surface area contributed by atoms with Gasteiger partial charge in [0.2, 0.25) is 5.91 Å². The number of nitrogens with one attached hydrogen (secondary N) is 2. The van der Waals surface area contributed by atoms with E-state index in [1.807, 2.05) is 12.1 Å². The van der Waals surface area contributed by atoms with E-state index in [1.54, 1.807) is 34.7 Å². The Balaban J connectivity index is 1.33. The molecule has 0 radical (unpaired) electrons. The highest BCUT2D eigenvalue weighted by Crippen LogP contribution is 2.21. The fourth-order valence-corrected chi connectivity index (χ4v) is 4.66. The van der Waals surface area contributed by atoms with Crippen molar-refractivity contribution in [2.75, 3.05) is 19.6 Å². The minimum absolute atomic E-state index is 0.0313. The molecule has 7 nitrogen and oxygen atoms in total. The van der Waals surface area contributed by atoms with E-state index in [9.17, 15) is 9.59 Å². The van der Waals surface area contributed by atoms with E-state index >= 15 is 0 Å². The molecule has 1 atom stereocenters. The molecule has 1 saturated heterocycles. The summed E-state index contributed by atoms with van der Waals surface area (Å²) in [5.41, 5.74) is 3.32. The maximum absolute atomic E-state index is 12.9. The number of H-pyrrole nitrogens is 1. The van der Waals surface area contributed by atoms with Crippen LogP contribution < -0.4 is 5.32 Å². The molecule has 0 spiro atoms. The van der Waals surface area contributed by atoms with Crippen LogP contribution in [0, 0.1) is 12.8 Å². The number of likely N-dealkylation sites (tertiary alicyclic amines) is 1. The lowest BCUT2D eigenvalue weighted by Crippen LogP contribution is -2.45. The van der Waals surface area contributed by atoms with Crippen LogP contribution in [0.4, 0.5) is 0 Å².